The number of phenols is 1. The Hall–Kier alpha value is -1.99. The van der Waals surface area contributed by atoms with Crippen LogP contribution in [0.15, 0.2) is 18.2 Å². The molecule has 0 aliphatic carbocycles. The summed E-state index contributed by atoms with van der Waals surface area (Å²) < 4.78 is 0. The van der Waals surface area contributed by atoms with E-state index in [9.17, 15) is 9.90 Å². The van der Waals surface area contributed by atoms with Crippen LogP contribution in [0.4, 0.5) is 0 Å². The number of aromatic hydroxyl groups is 1. The summed E-state index contributed by atoms with van der Waals surface area (Å²) in [5.74, 6) is 3.87. The molecule has 4 nitrogen and oxygen atoms in total. The minimum atomic E-state index is -1.20. The van der Waals surface area contributed by atoms with Crippen molar-refractivity contribution in [3.8, 4) is 17.6 Å². The smallest absolute Gasteiger partial charge is 0.339 e. The predicted octanol–water partition coefficient (Wildman–Crippen LogP) is 0.824. The zero-order chi connectivity index (χ0) is 11.3. The zero-order valence-electron chi connectivity index (χ0n) is 7.90. The summed E-state index contributed by atoms with van der Waals surface area (Å²) in [6.45, 7) is -0.0309. The molecule has 0 aromatic heterocycles. The van der Waals surface area contributed by atoms with E-state index in [4.69, 9.17) is 10.2 Å². The highest BCUT2D eigenvalue weighted by Crippen LogP contribution is 2.17. The number of benzene rings is 1. The molecule has 4 heteroatoms. The molecule has 0 heterocycles. The molecule has 78 valence electrons. The Labute approximate surface area is 86.8 Å². The second-order valence-electron chi connectivity index (χ2n) is 2.81. The van der Waals surface area contributed by atoms with E-state index in [1.165, 1.54) is 18.2 Å². The van der Waals surface area contributed by atoms with Gasteiger partial charge in [0.15, 0.2) is 0 Å². The van der Waals surface area contributed by atoms with Gasteiger partial charge in [-0.1, -0.05) is 11.8 Å². The molecule has 0 fully saturated rings. The predicted molar refractivity (Wildman–Crippen MR) is 53.6 cm³/mol. The molecular formula is C11H10O4. The first kappa shape index (κ1) is 11.1. The lowest BCUT2D eigenvalue weighted by Crippen LogP contribution is -1.97. The van der Waals surface area contributed by atoms with Crippen molar-refractivity contribution in [2.75, 3.05) is 6.61 Å². The molecule has 0 aliphatic heterocycles. The van der Waals surface area contributed by atoms with Gasteiger partial charge in [0.05, 0.1) is 6.61 Å². The molecule has 1 aromatic rings. The maximum Gasteiger partial charge on any atom is 0.339 e. The molecule has 15 heavy (non-hydrogen) atoms. The van der Waals surface area contributed by atoms with Crippen molar-refractivity contribution in [1.29, 1.82) is 0 Å². The Morgan fingerprint density at radius 2 is 2.13 bits per heavy atom. The van der Waals surface area contributed by atoms with E-state index in [0.717, 1.165) is 0 Å². The standard InChI is InChI=1S/C11H10O4/c12-6-2-1-3-8-4-5-10(13)9(7-8)11(14)15/h4-5,7,12-13H,2,6H2,(H,14,15). The topological polar surface area (TPSA) is 77.8 Å². The lowest BCUT2D eigenvalue weighted by molar-refractivity contribution is 0.0693. The molecule has 0 radical (unpaired) electrons. The van der Waals surface area contributed by atoms with E-state index in [0.29, 0.717) is 12.0 Å². The largest absolute Gasteiger partial charge is 0.507 e. The summed E-state index contributed by atoms with van der Waals surface area (Å²) in [6.07, 6.45) is 0.337. The minimum absolute atomic E-state index is 0.0309. The number of carboxylic acid groups (broad SMARTS) is 1. The molecule has 0 bridgehead atoms. The Morgan fingerprint density at radius 3 is 2.73 bits per heavy atom. The van der Waals surface area contributed by atoms with Gasteiger partial charge in [-0.25, -0.2) is 4.79 Å². The lowest BCUT2D eigenvalue weighted by Gasteiger charge is -1.98. The van der Waals surface area contributed by atoms with Crippen molar-refractivity contribution >= 4 is 5.97 Å². The minimum Gasteiger partial charge on any atom is -0.507 e. The lowest BCUT2D eigenvalue weighted by atomic mass is 10.1. The number of aliphatic hydroxyl groups excluding tert-OH is 1. The van der Waals surface area contributed by atoms with Gasteiger partial charge in [0.2, 0.25) is 0 Å². The van der Waals surface area contributed by atoms with Crippen molar-refractivity contribution in [1.82, 2.24) is 0 Å². The summed E-state index contributed by atoms with van der Waals surface area (Å²) in [6, 6.07) is 4.10. The van der Waals surface area contributed by atoms with Gasteiger partial charge in [-0.15, -0.1) is 0 Å². The van der Waals surface area contributed by atoms with E-state index in [-0.39, 0.29) is 17.9 Å². The average Bonchev–Trinajstić information content (AvgIpc) is 2.20. The van der Waals surface area contributed by atoms with Crippen molar-refractivity contribution in [2.24, 2.45) is 0 Å². The number of carboxylic acids is 1. The van der Waals surface area contributed by atoms with Gasteiger partial charge in [-0.3, -0.25) is 0 Å². The van der Waals surface area contributed by atoms with E-state index in [1.54, 1.807) is 0 Å². The Kier molecular flexibility index (Phi) is 3.72. The highest BCUT2D eigenvalue weighted by Gasteiger charge is 2.08. The molecule has 1 aromatic carbocycles. The maximum atomic E-state index is 10.7. The first-order chi connectivity index (χ1) is 7.15. The number of hydrogen-bond acceptors (Lipinski definition) is 3. The summed E-state index contributed by atoms with van der Waals surface area (Å²) >= 11 is 0. The number of hydrogen-bond donors (Lipinski definition) is 3. The molecule has 0 aliphatic rings. The third-order valence-corrected chi connectivity index (χ3v) is 1.70. The van der Waals surface area contributed by atoms with E-state index in [1.807, 2.05) is 0 Å². The fourth-order valence-corrected chi connectivity index (χ4v) is 1.01. The van der Waals surface area contributed by atoms with Crippen LogP contribution in [0, 0.1) is 11.8 Å². The van der Waals surface area contributed by atoms with Crippen molar-refractivity contribution in [3.63, 3.8) is 0 Å². The molecule has 0 atom stereocenters. The Balaban J connectivity index is 2.99. The summed E-state index contributed by atoms with van der Waals surface area (Å²) in [4.78, 5) is 10.7. The van der Waals surface area contributed by atoms with Crippen LogP contribution in [0.5, 0.6) is 5.75 Å². The van der Waals surface area contributed by atoms with Crippen LogP contribution in [0.1, 0.15) is 22.3 Å². The quantitative estimate of drug-likeness (QED) is 0.626. The fraction of sp³-hybridized carbons (Fsp3) is 0.182. The van der Waals surface area contributed by atoms with Gasteiger partial charge in [0.1, 0.15) is 11.3 Å². The summed E-state index contributed by atoms with van der Waals surface area (Å²) in [5.41, 5.74) is 0.324. The van der Waals surface area contributed by atoms with Crippen LogP contribution in [0.3, 0.4) is 0 Å². The molecule has 0 amide bonds. The SMILES string of the molecule is O=C(O)c1cc(C#CCCO)ccc1O. The number of rotatable bonds is 2. The zero-order valence-corrected chi connectivity index (χ0v) is 7.90. The maximum absolute atomic E-state index is 10.7. The molecule has 0 saturated heterocycles. The molecule has 3 N–H and O–H groups in total. The first-order valence-electron chi connectivity index (χ1n) is 4.31. The van der Waals surface area contributed by atoms with Gasteiger partial charge in [-0.05, 0) is 18.2 Å². The van der Waals surface area contributed by atoms with Gasteiger partial charge >= 0.3 is 5.97 Å². The van der Waals surface area contributed by atoms with Crippen LogP contribution >= 0.6 is 0 Å². The van der Waals surface area contributed by atoms with Crippen LogP contribution in [0.25, 0.3) is 0 Å². The second-order valence-corrected chi connectivity index (χ2v) is 2.81. The van der Waals surface area contributed by atoms with Gasteiger partial charge in [0.25, 0.3) is 0 Å². The normalized spacial score (nSPS) is 9.13. The van der Waals surface area contributed by atoms with Gasteiger partial charge in [0, 0.05) is 12.0 Å². The monoisotopic (exact) mass is 206 g/mol. The van der Waals surface area contributed by atoms with Crippen LogP contribution in [-0.4, -0.2) is 27.9 Å². The summed E-state index contributed by atoms with van der Waals surface area (Å²) in [5, 5.41) is 26.4. The average molecular weight is 206 g/mol. The van der Waals surface area contributed by atoms with E-state index in [2.05, 4.69) is 11.8 Å². The molecule has 0 spiro atoms. The molecular weight excluding hydrogens is 196 g/mol. The van der Waals surface area contributed by atoms with Crippen molar-refractivity contribution in [2.45, 2.75) is 6.42 Å². The number of aliphatic hydroxyl groups is 1. The van der Waals surface area contributed by atoms with Crippen molar-refractivity contribution in [3.05, 3.63) is 29.3 Å². The fourth-order valence-electron chi connectivity index (χ4n) is 1.01. The molecule has 1 rings (SSSR count). The highest BCUT2D eigenvalue weighted by molar-refractivity contribution is 5.91. The van der Waals surface area contributed by atoms with Gasteiger partial charge < -0.3 is 15.3 Å². The molecule has 0 saturated carbocycles. The van der Waals surface area contributed by atoms with Crippen LogP contribution in [0.2, 0.25) is 0 Å². The van der Waals surface area contributed by atoms with E-state index >= 15 is 0 Å². The van der Waals surface area contributed by atoms with Gasteiger partial charge in [-0.2, -0.15) is 0 Å². The second kappa shape index (κ2) is 5.03. The highest BCUT2D eigenvalue weighted by atomic mass is 16.4. The third-order valence-electron chi connectivity index (χ3n) is 1.70. The summed E-state index contributed by atoms with van der Waals surface area (Å²) in [7, 11) is 0. The van der Waals surface area contributed by atoms with Crippen LogP contribution in [-0.2, 0) is 0 Å². The van der Waals surface area contributed by atoms with Crippen LogP contribution < -0.4 is 0 Å². The first-order valence-corrected chi connectivity index (χ1v) is 4.31. The van der Waals surface area contributed by atoms with E-state index < -0.39 is 5.97 Å². The Morgan fingerprint density at radius 1 is 1.40 bits per heavy atom. The number of aromatic carboxylic acids is 1. The van der Waals surface area contributed by atoms with Crippen molar-refractivity contribution < 1.29 is 20.1 Å². The third kappa shape index (κ3) is 3.01. The Bertz CT molecular complexity index is 426. The number of carbonyl (C=O) groups is 1. The molecule has 0 unspecified atom stereocenters.